The lowest BCUT2D eigenvalue weighted by Gasteiger charge is -2.13. The number of phenols is 1. The fourth-order valence-corrected chi connectivity index (χ4v) is 1.64. The Balaban J connectivity index is 2.20. The first-order valence-corrected chi connectivity index (χ1v) is 5.81. The zero-order valence-electron chi connectivity index (χ0n) is 10.9. The molecule has 0 aliphatic rings. The highest BCUT2D eigenvalue weighted by atomic mass is 16.7. The Kier molecular flexibility index (Phi) is 3.90. The summed E-state index contributed by atoms with van der Waals surface area (Å²) >= 11 is 0. The minimum atomic E-state index is -1.69. The molecule has 0 amide bonds. The van der Waals surface area contributed by atoms with Gasteiger partial charge in [0, 0.05) is 12.1 Å². The lowest BCUT2D eigenvalue weighted by atomic mass is 10.1. The van der Waals surface area contributed by atoms with E-state index in [-0.39, 0.29) is 17.1 Å². The van der Waals surface area contributed by atoms with Crippen molar-refractivity contribution in [3.63, 3.8) is 0 Å². The van der Waals surface area contributed by atoms with Crippen LogP contribution in [0, 0.1) is 0 Å². The lowest BCUT2D eigenvalue weighted by molar-refractivity contribution is -0.155. The van der Waals surface area contributed by atoms with Crippen LogP contribution < -0.4 is 9.57 Å². The van der Waals surface area contributed by atoms with Crippen molar-refractivity contribution >= 4 is 5.97 Å². The number of ether oxygens (including phenoxy) is 1. The Bertz CT molecular complexity index is 645. The Morgan fingerprint density at radius 2 is 1.76 bits per heavy atom. The fourth-order valence-electron chi connectivity index (χ4n) is 1.64. The van der Waals surface area contributed by atoms with Gasteiger partial charge in [0.25, 0.3) is 0 Å². The summed E-state index contributed by atoms with van der Waals surface area (Å²) in [6.45, 7) is 0. The van der Waals surface area contributed by atoms with Gasteiger partial charge in [0.05, 0.1) is 7.11 Å². The second-order valence-corrected chi connectivity index (χ2v) is 4.09. The smallest absolute Gasteiger partial charge is 0.365 e. The third-order valence-corrected chi connectivity index (χ3v) is 2.72. The molecule has 0 saturated heterocycles. The maximum Gasteiger partial charge on any atom is 0.365 e. The molecule has 0 saturated carbocycles. The molecule has 112 valence electrons. The summed E-state index contributed by atoms with van der Waals surface area (Å²) in [5.41, 5.74) is 0.112. The number of rotatable bonds is 4. The summed E-state index contributed by atoms with van der Waals surface area (Å²) in [7, 11) is 1.32. The van der Waals surface area contributed by atoms with Gasteiger partial charge in [-0.3, -0.25) is 0 Å². The fraction of sp³-hybridized carbons (Fsp3) is 0.154. The number of aliphatic hydroxyl groups excluding tert-OH is 1. The molecule has 0 fully saturated rings. The van der Waals surface area contributed by atoms with E-state index in [2.05, 4.69) is 4.84 Å². The van der Waals surface area contributed by atoms with E-state index in [1.165, 1.54) is 25.3 Å². The highest BCUT2D eigenvalue weighted by molar-refractivity contribution is 5.77. The minimum absolute atomic E-state index is 0.0750. The Morgan fingerprint density at radius 1 is 1.14 bits per heavy atom. The summed E-state index contributed by atoms with van der Waals surface area (Å²) in [6.07, 6.45) is -1.69. The standard InChI is InChI=1S/C13H13NO7/c1-20-9-6-7(2-3-8(9)15)12(18)13(19)21-14-10(16)4-5-11(14)17/h2-6,12,15-18H,1H3. The number of methoxy groups -OCH3 is 1. The van der Waals surface area contributed by atoms with Gasteiger partial charge in [-0.05, 0) is 17.7 Å². The molecule has 8 nitrogen and oxygen atoms in total. The second kappa shape index (κ2) is 5.63. The molecule has 1 aromatic heterocycles. The van der Waals surface area contributed by atoms with Crippen LogP contribution in [0.1, 0.15) is 11.7 Å². The summed E-state index contributed by atoms with van der Waals surface area (Å²) in [5, 5.41) is 38.0. The van der Waals surface area contributed by atoms with Gasteiger partial charge in [0.15, 0.2) is 17.6 Å². The van der Waals surface area contributed by atoms with Crippen molar-refractivity contribution in [3.8, 4) is 23.3 Å². The number of hydrogen-bond donors (Lipinski definition) is 4. The average Bonchev–Trinajstić information content (AvgIpc) is 2.78. The first kappa shape index (κ1) is 14.5. The number of carbonyl (C=O) groups excluding carboxylic acids is 1. The zero-order chi connectivity index (χ0) is 15.6. The molecule has 2 aromatic rings. The molecule has 21 heavy (non-hydrogen) atoms. The molecule has 2 rings (SSSR count). The summed E-state index contributed by atoms with van der Waals surface area (Å²) in [6, 6.07) is 6.03. The normalized spacial score (nSPS) is 11.9. The molecule has 8 heteroatoms. The van der Waals surface area contributed by atoms with Crippen molar-refractivity contribution in [1.29, 1.82) is 0 Å². The first-order chi connectivity index (χ1) is 9.93. The van der Waals surface area contributed by atoms with E-state index in [1.807, 2.05) is 0 Å². The molecule has 0 aliphatic heterocycles. The highest BCUT2D eigenvalue weighted by Gasteiger charge is 2.23. The molecular formula is C13H13NO7. The molecule has 0 bridgehead atoms. The van der Waals surface area contributed by atoms with Crippen LogP contribution in [0.15, 0.2) is 30.3 Å². The van der Waals surface area contributed by atoms with Gasteiger partial charge < -0.3 is 30.0 Å². The number of hydrogen-bond acceptors (Lipinski definition) is 7. The number of aliphatic hydroxyl groups is 1. The molecule has 1 atom stereocenters. The van der Waals surface area contributed by atoms with Crippen LogP contribution in [-0.4, -0.2) is 38.2 Å². The SMILES string of the molecule is COc1cc(C(O)C(=O)On2c(O)ccc2O)ccc1O. The van der Waals surface area contributed by atoms with Crippen molar-refractivity contribution in [2.45, 2.75) is 6.10 Å². The van der Waals surface area contributed by atoms with Crippen LogP contribution in [0.3, 0.4) is 0 Å². The van der Waals surface area contributed by atoms with Crippen molar-refractivity contribution in [3.05, 3.63) is 35.9 Å². The van der Waals surface area contributed by atoms with Crippen LogP contribution in [0.2, 0.25) is 0 Å². The van der Waals surface area contributed by atoms with E-state index in [1.54, 1.807) is 0 Å². The molecule has 4 N–H and O–H groups in total. The minimum Gasteiger partial charge on any atom is -0.504 e. The van der Waals surface area contributed by atoms with Crippen molar-refractivity contribution in [2.24, 2.45) is 0 Å². The van der Waals surface area contributed by atoms with Crippen LogP contribution in [-0.2, 0) is 4.79 Å². The Morgan fingerprint density at radius 3 is 2.33 bits per heavy atom. The Labute approximate surface area is 119 Å². The maximum absolute atomic E-state index is 11.8. The molecule has 1 unspecified atom stereocenters. The molecule has 1 heterocycles. The van der Waals surface area contributed by atoms with Gasteiger partial charge in [-0.15, -0.1) is 4.73 Å². The average molecular weight is 295 g/mol. The molecule has 0 aliphatic carbocycles. The number of aromatic hydroxyl groups is 3. The van der Waals surface area contributed by atoms with Crippen LogP contribution in [0.4, 0.5) is 0 Å². The Hall–Kier alpha value is -2.87. The van der Waals surface area contributed by atoms with E-state index in [4.69, 9.17) is 4.74 Å². The zero-order valence-corrected chi connectivity index (χ0v) is 10.9. The third kappa shape index (κ3) is 2.84. The summed E-state index contributed by atoms with van der Waals surface area (Å²) < 4.78 is 5.32. The van der Waals surface area contributed by atoms with E-state index in [0.29, 0.717) is 4.73 Å². The highest BCUT2D eigenvalue weighted by Crippen LogP contribution is 2.29. The van der Waals surface area contributed by atoms with Gasteiger partial charge in [0.2, 0.25) is 11.8 Å². The number of carbonyl (C=O) groups is 1. The van der Waals surface area contributed by atoms with E-state index >= 15 is 0 Å². The largest absolute Gasteiger partial charge is 0.504 e. The van der Waals surface area contributed by atoms with Crippen LogP contribution in [0.5, 0.6) is 23.3 Å². The number of phenolic OH excluding ortho intramolecular Hbond substituents is 1. The number of nitrogens with zero attached hydrogens (tertiary/aromatic N) is 1. The monoisotopic (exact) mass is 295 g/mol. The lowest BCUT2D eigenvalue weighted by Crippen LogP contribution is -2.25. The maximum atomic E-state index is 11.8. The summed E-state index contributed by atoms with van der Waals surface area (Å²) in [4.78, 5) is 16.4. The van der Waals surface area contributed by atoms with Gasteiger partial charge in [-0.25, -0.2) is 4.79 Å². The quantitative estimate of drug-likeness (QED) is 0.640. The predicted octanol–water partition coefficient (Wildman–Crippen LogP) is 0.302. The topological polar surface area (TPSA) is 121 Å². The molecular weight excluding hydrogens is 282 g/mol. The van der Waals surface area contributed by atoms with E-state index < -0.39 is 23.8 Å². The van der Waals surface area contributed by atoms with Crippen LogP contribution in [0.25, 0.3) is 0 Å². The molecule has 0 spiro atoms. The van der Waals surface area contributed by atoms with Crippen LogP contribution >= 0.6 is 0 Å². The van der Waals surface area contributed by atoms with Gasteiger partial charge in [-0.1, -0.05) is 6.07 Å². The van der Waals surface area contributed by atoms with Crippen molar-refractivity contribution < 1.29 is 34.8 Å². The predicted molar refractivity (Wildman–Crippen MR) is 69.0 cm³/mol. The van der Waals surface area contributed by atoms with Gasteiger partial charge >= 0.3 is 5.97 Å². The van der Waals surface area contributed by atoms with E-state index in [0.717, 1.165) is 12.1 Å². The number of aromatic nitrogens is 1. The molecule has 1 aromatic carbocycles. The van der Waals surface area contributed by atoms with Gasteiger partial charge in [0.1, 0.15) is 0 Å². The van der Waals surface area contributed by atoms with Crippen molar-refractivity contribution in [1.82, 2.24) is 4.73 Å². The van der Waals surface area contributed by atoms with Crippen molar-refractivity contribution in [2.75, 3.05) is 7.11 Å². The third-order valence-electron chi connectivity index (χ3n) is 2.72. The number of benzene rings is 1. The molecule has 0 radical (unpaired) electrons. The van der Waals surface area contributed by atoms with Gasteiger partial charge in [-0.2, -0.15) is 0 Å². The summed E-state index contributed by atoms with van der Waals surface area (Å²) in [5.74, 6) is -2.22. The second-order valence-electron chi connectivity index (χ2n) is 4.09. The van der Waals surface area contributed by atoms with E-state index in [9.17, 15) is 25.2 Å². The first-order valence-electron chi connectivity index (χ1n) is 5.81.